The Morgan fingerprint density at radius 1 is 1.35 bits per heavy atom. The zero-order valence-corrected chi connectivity index (χ0v) is 10.3. The van der Waals surface area contributed by atoms with Gasteiger partial charge in [0.25, 0.3) is 5.22 Å². The van der Waals surface area contributed by atoms with Gasteiger partial charge in [-0.2, -0.15) is 0 Å². The van der Waals surface area contributed by atoms with E-state index >= 15 is 0 Å². The van der Waals surface area contributed by atoms with Gasteiger partial charge in [0, 0.05) is 17.4 Å². The highest BCUT2D eigenvalue weighted by Gasteiger charge is 2.07. The molecule has 17 heavy (non-hydrogen) atoms. The third-order valence-electron chi connectivity index (χ3n) is 2.20. The molecule has 1 heterocycles. The molecule has 0 spiro atoms. The molecule has 0 amide bonds. The standard InChI is InChI=1S/C11H12N4OS/c1-6-5-8(3-4-9(6)10(12)13)17-11-15-14-7(2)16-11/h3-5H,1-2H3,(H3,12,13). The highest BCUT2D eigenvalue weighted by Crippen LogP contribution is 2.27. The molecule has 0 saturated heterocycles. The maximum atomic E-state index is 7.40. The van der Waals surface area contributed by atoms with Crippen LogP contribution >= 0.6 is 11.8 Å². The first kappa shape index (κ1) is 11.7. The molecule has 0 unspecified atom stereocenters. The number of aromatic nitrogens is 2. The van der Waals surface area contributed by atoms with Crippen LogP contribution in [0.4, 0.5) is 0 Å². The van der Waals surface area contributed by atoms with Crippen molar-refractivity contribution < 1.29 is 4.42 Å². The first-order valence-corrected chi connectivity index (χ1v) is 5.81. The van der Waals surface area contributed by atoms with Crippen LogP contribution < -0.4 is 5.73 Å². The van der Waals surface area contributed by atoms with Crippen molar-refractivity contribution in [2.75, 3.05) is 0 Å². The summed E-state index contributed by atoms with van der Waals surface area (Å²) in [5, 5.41) is 15.6. The maximum Gasteiger partial charge on any atom is 0.281 e. The Bertz CT molecular complexity index is 564. The van der Waals surface area contributed by atoms with Crippen molar-refractivity contribution in [1.29, 1.82) is 5.41 Å². The second-order valence-corrected chi connectivity index (χ2v) is 4.60. The average Bonchev–Trinajstić information content (AvgIpc) is 2.63. The van der Waals surface area contributed by atoms with Crippen LogP contribution in [0.5, 0.6) is 0 Å². The van der Waals surface area contributed by atoms with Crippen molar-refractivity contribution in [2.24, 2.45) is 5.73 Å². The number of rotatable bonds is 3. The van der Waals surface area contributed by atoms with Gasteiger partial charge in [0.2, 0.25) is 5.89 Å². The Morgan fingerprint density at radius 2 is 2.12 bits per heavy atom. The molecule has 1 aromatic carbocycles. The van der Waals surface area contributed by atoms with Gasteiger partial charge in [0.15, 0.2) is 0 Å². The van der Waals surface area contributed by atoms with E-state index in [-0.39, 0.29) is 5.84 Å². The Balaban J connectivity index is 2.23. The largest absolute Gasteiger partial charge is 0.416 e. The molecule has 0 atom stereocenters. The number of nitrogens with one attached hydrogen (secondary N) is 1. The van der Waals surface area contributed by atoms with E-state index in [0.29, 0.717) is 11.1 Å². The van der Waals surface area contributed by atoms with Gasteiger partial charge < -0.3 is 10.2 Å². The molecule has 3 N–H and O–H groups in total. The fraction of sp³-hybridized carbons (Fsp3) is 0.182. The summed E-state index contributed by atoms with van der Waals surface area (Å²) in [5.74, 6) is 0.622. The lowest BCUT2D eigenvalue weighted by Crippen LogP contribution is -2.12. The Morgan fingerprint density at radius 3 is 2.65 bits per heavy atom. The minimum absolute atomic E-state index is 0.0766. The fourth-order valence-corrected chi connectivity index (χ4v) is 2.24. The average molecular weight is 248 g/mol. The van der Waals surface area contributed by atoms with E-state index in [0.717, 1.165) is 16.0 Å². The number of nitrogens with zero attached hydrogens (tertiary/aromatic N) is 2. The molecular weight excluding hydrogens is 236 g/mol. The van der Waals surface area contributed by atoms with Crippen molar-refractivity contribution in [3.05, 3.63) is 35.2 Å². The minimum atomic E-state index is 0.0766. The van der Waals surface area contributed by atoms with E-state index in [1.54, 1.807) is 6.92 Å². The van der Waals surface area contributed by atoms with Gasteiger partial charge in [-0.25, -0.2) is 0 Å². The zero-order valence-electron chi connectivity index (χ0n) is 9.52. The molecule has 88 valence electrons. The van der Waals surface area contributed by atoms with Crippen LogP contribution in [-0.2, 0) is 0 Å². The molecule has 0 aliphatic rings. The van der Waals surface area contributed by atoms with Crippen LogP contribution in [0.15, 0.2) is 32.7 Å². The van der Waals surface area contributed by atoms with Gasteiger partial charge in [0.05, 0.1) is 0 Å². The lowest BCUT2D eigenvalue weighted by molar-refractivity contribution is 0.429. The Hall–Kier alpha value is -1.82. The fourth-order valence-electron chi connectivity index (χ4n) is 1.42. The van der Waals surface area contributed by atoms with Gasteiger partial charge in [-0.05, 0) is 42.4 Å². The molecule has 0 bridgehead atoms. The predicted molar refractivity (Wildman–Crippen MR) is 65.4 cm³/mol. The van der Waals surface area contributed by atoms with Gasteiger partial charge in [-0.1, -0.05) is 0 Å². The van der Waals surface area contributed by atoms with Gasteiger partial charge >= 0.3 is 0 Å². The molecule has 6 heteroatoms. The number of amidine groups is 1. The number of hydrogen-bond acceptors (Lipinski definition) is 5. The first-order chi connectivity index (χ1) is 8.06. The summed E-state index contributed by atoms with van der Waals surface area (Å²) < 4.78 is 5.28. The van der Waals surface area contributed by atoms with Gasteiger partial charge in [-0.15, -0.1) is 10.2 Å². The summed E-state index contributed by atoms with van der Waals surface area (Å²) in [6.45, 7) is 3.67. The first-order valence-electron chi connectivity index (χ1n) is 4.99. The molecule has 2 rings (SSSR count). The van der Waals surface area contributed by atoms with Crippen LogP contribution in [-0.4, -0.2) is 16.0 Å². The molecule has 0 saturated carbocycles. The number of aryl methyl sites for hydroxylation is 2. The molecule has 0 fully saturated rings. The molecule has 1 aromatic heterocycles. The zero-order chi connectivity index (χ0) is 12.4. The van der Waals surface area contributed by atoms with E-state index in [1.165, 1.54) is 11.8 Å². The third kappa shape index (κ3) is 2.65. The molecule has 0 radical (unpaired) electrons. The van der Waals surface area contributed by atoms with E-state index < -0.39 is 0 Å². The predicted octanol–water partition coefficient (Wildman–Crippen LogP) is 2.12. The summed E-state index contributed by atoms with van der Waals surface area (Å²) in [4.78, 5) is 0.983. The Labute approximate surface area is 103 Å². The lowest BCUT2D eigenvalue weighted by Gasteiger charge is -2.05. The molecular formula is C11H12N4OS. The van der Waals surface area contributed by atoms with Crippen LogP contribution in [0.2, 0.25) is 0 Å². The quantitative estimate of drug-likeness (QED) is 0.641. The van der Waals surface area contributed by atoms with Crippen LogP contribution in [0.3, 0.4) is 0 Å². The summed E-state index contributed by atoms with van der Waals surface area (Å²) in [5.41, 5.74) is 7.16. The molecule has 0 aliphatic heterocycles. The number of hydrogen-bond donors (Lipinski definition) is 2. The topological polar surface area (TPSA) is 88.8 Å². The number of benzene rings is 1. The monoisotopic (exact) mass is 248 g/mol. The summed E-state index contributed by atoms with van der Waals surface area (Å²) in [6.07, 6.45) is 0. The summed E-state index contributed by atoms with van der Waals surface area (Å²) >= 11 is 1.39. The highest BCUT2D eigenvalue weighted by atomic mass is 32.2. The SMILES string of the molecule is Cc1nnc(Sc2ccc(C(=N)N)c(C)c2)o1. The summed E-state index contributed by atoms with van der Waals surface area (Å²) in [6, 6.07) is 5.65. The van der Waals surface area contributed by atoms with E-state index in [9.17, 15) is 0 Å². The van der Waals surface area contributed by atoms with Crippen LogP contribution in [0, 0.1) is 19.3 Å². The molecule has 5 nitrogen and oxygen atoms in total. The van der Waals surface area contributed by atoms with E-state index in [4.69, 9.17) is 15.6 Å². The highest BCUT2D eigenvalue weighted by molar-refractivity contribution is 7.99. The van der Waals surface area contributed by atoms with E-state index in [1.807, 2.05) is 25.1 Å². The van der Waals surface area contributed by atoms with Gasteiger partial charge in [-0.3, -0.25) is 5.41 Å². The van der Waals surface area contributed by atoms with Gasteiger partial charge in [0.1, 0.15) is 5.84 Å². The van der Waals surface area contributed by atoms with Crippen molar-refractivity contribution in [3.8, 4) is 0 Å². The molecule has 2 aromatic rings. The minimum Gasteiger partial charge on any atom is -0.416 e. The second kappa shape index (κ2) is 4.58. The van der Waals surface area contributed by atoms with Crippen molar-refractivity contribution in [3.63, 3.8) is 0 Å². The number of nitrogens with two attached hydrogens (primary N) is 1. The maximum absolute atomic E-state index is 7.40. The van der Waals surface area contributed by atoms with Crippen molar-refractivity contribution in [2.45, 2.75) is 24.0 Å². The second-order valence-electron chi connectivity index (χ2n) is 3.58. The lowest BCUT2D eigenvalue weighted by atomic mass is 10.1. The Kier molecular flexibility index (Phi) is 3.14. The van der Waals surface area contributed by atoms with Crippen LogP contribution in [0.25, 0.3) is 0 Å². The summed E-state index contributed by atoms with van der Waals surface area (Å²) in [7, 11) is 0. The normalized spacial score (nSPS) is 10.5. The van der Waals surface area contributed by atoms with Crippen molar-refractivity contribution >= 4 is 17.6 Å². The smallest absolute Gasteiger partial charge is 0.281 e. The molecule has 0 aliphatic carbocycles. The van der Waals surface area contributed by atoms with Crippen LogP contribution in [0.1, 0.15) is 17.0 Å². The van der Waals surface area contributed by atoms with E-state index in [2.05, 4.69) is 10.2 Å². The van der Waals surface area contributed by atoms with Crippen molar-refractivity contribution in [1.82, 2.24) is 10.2 Å². The third-order valence-corrected chi connectivity index (χ3v) is 3.03. The number of nitrogen functional groups attached to an aromatic ring is 1.